The minimum Gasteiger partial charge on any atom is -0.130 e. The van der Waals surface area contributed by atoms with Gasteiger partial charge in [0.25, 0.3) is 0 Å². The predicted octanol–water partition coefficient (Wildman–Crippen LogP) is 4.47. The molecule has 0 aromatic carbocycles. The molecule has 0 unspecified atom stereocenters. The quantitative estimate of drug-likeness (QED) is 0.387. The normalized spacial score (nSPS) is 9.17. The van der Waals surface area contributed by atoms with Gasteiger partial charge in [-0.05, 0) is 31.9 Å². The van der Waals surface area contributed by atoms with Crippen LogP contribution in [-0.2, 0) is 0 Å². The summed E-state index contributed by atoms with van der Waals surface area (Å²) in [4.78, 5) is 0. The van der Waals surface area contributed by atoms with E-state index in [0.717, 1.165) is 0 Å². The molecule has 0 aliphatic heterocycles. The summed E-state index contributed by atoms with van der Waals surface area (Å²) in [6.45, 7) is 4.27. The Morgan fingerprint density at radius 3 is 2.33 bits per heavy atom. The van der Waals surface area contributed by atoms with E-state index in [0.29, 0.717) is 0 Å². The lowest BCUT2D eigenvalue weighted by molar-refractivity contribution is 0.611. The number of hydrogen-bond donors (Lipinski definition) is 0. The van der Waals surface area contributed by atoms with Gasteiger partial charge in [-0.15, -0.1) is 5.73 Å². The van der Waals surface area contributed by atoms with Gasteiger partial charge in [0.2, 0.25) is 0 Å². The highest BCUT2D eigenvalue weighted by Crippen LogP contribution is 2.06. The third-order valence-corrected chi connectivity index (χ3v) is 1.99. The Hall–Kier alpha value is -0.480. The average Bonchev–Trinajstić information content (AvgIpc) is 2.10. The molecule has 12 heavy (non-hydrogen) atoms. The SMILES string of the molecule is CC=C=CCCCCCCCC. The monoisotopic (exact) mass is 166 g/mol. The summed E-state index contributed by atoms with van der Waals surface area (Å²) in [7, 11) is 0. The molecule has 0 radical (unpaired) electrons. The highest BCUT2D eigenvalue weighted by Gasteiger charge is 1.87. The Labute approximate surface area is 77.4 Å². The molecule has 0 bridgehead atoms. The summed E-state index contributed by atoms with van der Waals surface area (Å²) in [5, 5.41) is 0. The van der Waals surface area contributed by atoms with Crippen molar-refractivity contribution in [2.24, 2.45) is 0 Å². The fraction of sp³-hybridized carbons (Fsp3) is 0.750. The van der Waals surface area contributed by atoms with Gasteiger partial charge in [0.05, 0.1) is 0 Å². The maximum Gasteiger partial charge on any atom is -0.0274 e. The van der Waals surface area contributed by atoms with Gasteiger partial charge in [-0.3, -0.25) is 0 Å². The smallest absolute Gasteiger partial charge is 0.0274 e. The second kappa shape index (κ2) is 10.5. The van der Waals surface area contributed by atoms with E-state index in [4.69, 9.17) is 0 Å². The van der Waals surface area contributed by atoms with Crippen molar-refractivity contribution in [2.45, 2.75) is 58.8 Å². The van der Waals surface area contributed by atoms with Crippen LogP contribution in [0.2, 0.25) is 0 Å². The summed E-state index contributed by atoms with van der Waals surface area (Å²) in [6.07, 6.45) is 13.6. The van der Waals surface area contributed by atoms with Crippen LogP contribution in [0.1, 0.15) is 58.8 Å². The lowest BCUT2D eigenvalue weighted by Crippen LogP contribution is -1.76. The second-order valence-corrected chi connectivity index (χ2v) is 3.22. The van der Waals surface area contributed by atoms with Crippen molar-refractivity contribution in [3.63, 3.8) is 0 Å². The minimum absolute atomic E-state index is 1.20. The molecule has 0 fully saturated rings. The topological polar surface area (TPSA) is 0 Å². The van der Waals surface area contributed by atoms with Crippen molar-refractivity contribution in [2.75, 3.05) is 0 Å². The van der Waals surface area contributed by atoms with Crippen molar-refractivity contribution in [3.05, 3.63) is 17.9 Å². The van der Waals surface area contributed by atoms with E-state index in [1.807, 2.05) is 13.0 Å². The molecule has 0 saturated carbocycles. The molecule has 0 heterocycles. The molecule has 0 nitrogen and oxygen atoms in total. The molecular weight excluding hydrogens is 144 g/mol. The summed E-state index contributed by atoms with van der Waals surface area (Å²) in [6, 6.07) is 0. The number of allylic oxidation sites excluding steroid dienone is 1. The number of hydrogen-bond acceptors (Lipinski definition) is 0. The van der Waals surface area contributed by atoms with Gasteiger partial charge in [0.1, 0.15) is 0 Å². The van der Waals surface area contributed by atoms with Crippen LogP contribution in [0.4, 0.5) is 0 Å². The molecular formula is C12H22. The average molecular weight is 166 g/mol. The Bertz CT molecular complexity index is 127. The molecule has 0 N–H and O–H groups in total. The van der Waals surface area contributed by atoms with Crippen LogP contribution in [0, 0.1) is 0 Å². The minimum atomic E-state index is 1.20. The van der Waals surface area contributed by atoms with Gasteiger partial charge in [-0.25, -0.2) is 0 Å². The Morgan fingerprint density at radius 2 is 1.67 bits per heavy atom. The zero-order chi connectivity index (χ0) is 9.07. The summed E-state index contributed by atoms with van der Waals surface area (Å²) in [5.41, 5.74) is 3.10. The van der Waals surface area contributed by atoms with E-state index in [9.17, 15) is 0 Å². The highest BCUT2D eigenvalue weighted by atomic mass is 13.9. The largest absolute Gasteiger partial charge is 0.130 e. The van der Waals surface area contributed by atoms with E-state index >= 15 is 0 Å². The Kier molecular flexibility index (Phi) is 10.1. The molecule has 0 aliphatic rings. The lowest BCUT2D eigenvalue weighted by Gasteiger charge is -1.96. The van der Waals surface area contributed by atoms with Crippen LogP contribution < -0.4 is 0 Å². The third kappa shape index (κ3) is 9.52. The zero-order valence-corrected chi connectivity index (χ0v) is 8.60. The van der Waals surface area contributed by atoms with Crippen LogP contribution >= 0.6 is 0 Å². The van der Waals surface area contributed by atoms with Gasteiger partial charge in [-0.1, -0.05) is 39.0 Å². The summed E-state index contributed by atoms with van der Waals surface area (Å²) < 4.78 is 0. The van der Waals surface area contributed by atoms with E-state index in [2.05, 4.69) is 18.7 Å². The highest BCUT2D eigenvalue weighted by molar-refractivity contribution is 4.81. The molecule has 0 amide bonds. The van der Waals surface area contributed by atoms with Crippen molar-refractivity contribution in [3.8, 4) is 0 Å². The number of unbranched alkanes of at least 4 members (excludes halogenated alkanes) is 6. The fourth-order valence-electron chi connectivity index (χ4n) is 1.23. The van der Waals surface area contributed by atoms with Crippen molar-refractivity contribution in [1.29, 1.82) is 0 Å². The van der Waals surface area contributed by atoms with Crippen LogP contribution in [-0.4, -0.2) is 0 Å². The van der Waals surface area contributed by atoms with Crippen molar-refractivity contribution >= 4 is 0 Å². The van der Waals surface area contributed by atoms with Crippen LogP contribution in [0.5, 0.6) is 0 Å². The van der Waals surface area contributed by atoms with Crippen LogP contribution in [0.15, 0.2) is 17.9 Å². The van der Waals surface area contributed by atoms with E-state index in [1.165, 1.54) is 44.9 Å². The van der Waals surface area contributed by atoms with Crippen molar-refractivity contribution < 1.29 is 0 Å². The first-order chi connectivity index (χ1) is 5.91. The summed E-state index contributed by atoms with van der Waals surface area (Å²) in [5.74, 6) is 0. The first-order valence-electron chi connectivity index (χ1n) is 5.27. The Morgan fingerprint density at radius 1 is 1.00 bits per heavy atom. The number of rotatable bonds is 7. The standard InChI is InChI=1S/C12H22/c1-3-5-7-9-11-12-10-8-6-4-2/h3,7H,4,6,8-12H2,1-2H3. The molecule has 0 aliphatic carbocycles. The third-order valence-electron chi connectivity index (χ3n) is 1.99. The molecule has 0 atom stereocenters. The van der Waals surface area contributed by atoms with Crippen LogP contribution in [0.25, 0.3) is 0 Å². The first kappa shape index (κ1) is 11.5. The van der Waals surface area contributed by atoms with Gasteiger partial charge in [-0.2, -0.15) is 0 Å². The van der Waals surface area contributed by atoms with E-state index < -0.39 is 0 Å². The molecule has 70 valence electrons. The molecule has 0 aromatic heterocycles. The predicted molar refractivity (Wildman–Crippen MR) is 56.3 cm³/mol. The maximum absolute atomic E-state index is 3.10. The van der Waals surface area contributed by atoms with Crippen molar-refractivity contribution in [1.82, 2.24) is 0 Å². The molecule has 0 saturated heterocycles. The van der Waals surface area contributed by atoms with Gasteiger partial charge in [0, 0.05) is 0 Å². The summed E-state index contributed by atoms with van der Waals surface area (Å²) >= 11 is 0. The van der Waals surface area contributed by atoms with Gasteiger partial charge in [0.15, 0.2) is 0 Å². The Balaban J connectivity index is 2.96. The van der Waals surface area contributed by atoms with E-state index in [-0.39, 0.29) is 0 Å². The zero-order valence-electron chi connectivity index (χ0n) is 8.60. The van der Waals surface area contributed by atoms with Gasteiger partial charge >= 0.3 is 0 Å². The molecule has 0 heteroatoms. The maximum atomic E-state index is 3.10. The lowest BCUT2D eigenvalue weighted by atomic mass is 10.1. The molecule has 0 spiro atoms. The second-order valence-electron chi connectivity index (χ2n) is 3.22. The first-order valence-corrected chi connectivity index (χ1v) is 5.27. The van der Waals surface area contributed by atoms with Crippen LogP contribution in [0.3, 0.4) is 0 Å². The molecule has 0 rings (SSSR count). The fourth-order valence-corrected chi connectivity index (χ4v) is 1.23. The molecule has 0 aromatic rings. The van der Waals surface area contributed by atoms with Gasteiger partial charge < -0.3 is 0 Å². The van der Waals surface area contributed by atoms with E-state index in [1.54, 1.807) is 0 Å².